The van der Waals surface area contributed by atoms with Crippen molar-refractivity contribution in [2.24, 2.45) is 0 Å². The molecule has 0 saturated carbocycles. The molecule has 2 heterocycles. The summed E-state index contributed by atoms with van der Waals surface area (Å²) >= 11 is 0. The van der Waals surface area contributed by atoms with Crippen LogP contribution in [-0.2, 0) is 6.54 Å². The number of nitrogens with zero attached hydrogens (tertiary/aromatic N) is 4. The molecule has 0 atom stereocenters. The highest BCUT2D eigenvalue weighted by Crippen LogP contribution is 2.03. The maximum Gasteiger partial charge on any atom is 0.0964 e. The zero-order valence-electron chi connectivity index (χ0n) is 7.90. The summed E-state index contributed by atoms with van der Waals surface area (Å²) in [5.41, 5.74) is 1.03. The van der Waals surface area contributed by atoms with Crippen LogP contribution in [0.2, 0.25) is 0 Å². The highest BCUT2D eigenvalue weighted by molar-refractivity contribution is 4.90. The van der Waals surface area contributed by atoms with Crippen LogP contribution >= 0.6 is 0 Å². The molecule has 0 spiro atoms. The summed E-state index contributed by atoms with van der Waals surface area (Å²) < 4.78 is 0. The second kappa shape index (κ2) is 3.85. The van der Waals surface area contributed by atoms with Gasteiger partial charge >= 0.3 is 0 Å². The molecule has 1 aromatic rings. The molecule has 0 aliphatic carbocycles. The minimum atomic E-state index is 0.921. The SMILES string of the molecule is CN1CCN(Cc2cn[nH]n2)CC1. The normalized spacial score (nSPS) is 20.7. The molecule has 0 bridgehead atoms. The molecule has 13 heavy (non-hydrogen) atoms. The van der Waals surface area contributed by atoms with Crippen molar-refractivity contribution in [2.75, 3.05) is 33.2 Å². The zero-order chi connectivity index (χ0) is 9.10. The van der Waals surface area contributed by atoms with Crippen LogP contribution in [0.3, 0.4) is 0 Å². The summed E-state index contributed by atoms with van der Waals surface area (Å²) in [5, 5.41) is 10.5. The van der Waals surface area contributed by atoms with Gasteiger partial charge in [0.1, 0.15) is 0 Å². The second-order valence-electron chi connectivity index (χ2n) is 3.54. The molecule has 0 amide bonds. The molecule has 5 heteroatoms. The summed E-state index contributed by atoms with van der Waals surface area (Å²) in [4.78, 5) is 4.75. The van der Waals surface area contributed by atoms with Crippen molar-refractivity contribution in [2.45, 2.75) is 6.54 Å². The Morgan fingerprint density at radius 3 is 2.77 bits per heavy atom. The van der Waals surface area contributed by atoms with Crippen molar-refractivity contribution in [1.29, 1.82) is 0 Å². The first-order valence-electron chi connectivity index (χ1n) is 4.60. The van der Waals surface area contributed by atoms with Gasteiger partial charge in [0.25, 0.3) is 0 Å². The Labute approximate surface area is 77.7 Å². The molecule has 1 aliphatic heterocycles. The minimum absolute atomic E-state index is 0.921. The number of H-pyrrole nitrogens is 1. The monoisotopic (exact) mass is 181 g/mol. The Kier molecular flexibility index (Phi) is 2.56. The Balaban J connectivity index is 1.83. The summed E-state index contributed by atoms with van der Waals surface area (Å²) in [7, 11) is 2.16. The predicted octanol–water partition coefficient (Wildman–Crippen LogP) is -0.448. The highest BCUT2D eigenvalue weighted by atomic mass is 15.3. The van der Waals surface area contributed by atoms with Crippen molar-refractivity contribution in [1.82, 2.24) is 25.2 Å². The van der Waals surface area contributed by atoms with Crippen LogP contribution in [0.25, 0.3) is 0 Å². The standard InChI is InChI=1S/C8H15N5/c1-12-2-4-13(5-3-12)7-8-6-9-11-10-8/h6H,2-5,7H2,1H3,(H,9,10,11). The lowest BCUT2D eigenvalue weighted by molar-refractivity contribution is 0.147. The van der Waals surface area contributed by atoms with Gasteiger partial charge < -0.3 is 4.90 Å². The van der Waals surface area contributed by atoms with E-state index in [0.717, 1.165) is 38.4 Å². The molecule has 72 valence electrons. The van der Waals surface area contributed by atoms with E-state index in [1.165, 1.54) is 0 Å². The molecule has 1 saturated heterocycles. The van der Waals surface area contributed by atoms with Crippen LogP contribution in [0.5, 0.6) is 0 Å². The van der Waals surface area contributed by atoms with Crippen molar-refractivity contribution in [3.8, 4) is 0 Å². The lowest BCUT2D eigenvalue weighted by Crippen LogP contribution is -2.43. The number of aromatic nitrogens is 3. The minimum Gasteiger partial charge on any atom is -0.304 e. The van der Waals surface area contributed by atoms with Crippen LogP contribution in [0, 0.1) is 0 Å². The van der Waals surface area contributed by atoms with Crippen LogP contribution in [0.4, 0.5) is 0 Å². The van der Waals surface area contributed by atoms with Gasteiger partial charge in [-0.05, 0) is 7.05 Å². The smallest absolute Gasteiger partial charge is 0.0964 e. The van der Waals surface area contributed by atoms with Gasteiger partial charge in [-0.1, -0.05) is 0 Å². The Hall–Kier alpha value is -0.940. The summed E-state index contributed by atoms with van der Waals surface area (Å²) in [5.74, 6) is 0. The first kappa shape index (κ1) is 8.65. The van der Waals surface area contributed by atoms with Crippen molar-refractivity contribution in [3.05, 3.63) is 11.9 Å². The van der Waals surface area contributed by atoms with Gasteiger partial charge in [0.15, 0.2) is 0 Å². The molecule has 1 N–H and O–H groups in total. The lowest BCUT2D eigenvalue weighted by atomic mass is 10.3. The van der Waals surface area contributed by atoms with E-state index in [2.05, 4.69) is 32.3 Å². The fourth-order valence-electron chi connectivity index (χ4n) is 1.54. The van der Waals surface area contributed by atoms with Gasteiger partial charge in [-0.15, -0.1) is 0 Å². The first-order chi connectivity index (χ1) is 6.34. The molecule has 0 aromatic carbocycles. The van der Waals surface area contributed by atoms with E-state index in [4.69, 9.17) is 0 Å². The van der Waals surface area contributed by atoms with Gasteiger partial charge in [-0.3, -0.25) is 4.90 Å². The third-order valence-electron chi connectivity index (χ3n) is 2.45. The van der Waals surface area contributed by atoms with E-state index in [-0.39, 0.29) is 0 Å². The number of likely N-dealkylation sites (N-methyl/N-ethyl adjacent to an activating group) is 1. The lowest BCUT2D eigenvalue weighted by Gasteiger charge is -2.31. The van der Waals surface area contributed by atoms with E-state index >= 15 is 0 Å². The average molecular weight is 181 g/mol. The Bertz CT molecular complexity index is 237. The number of piperazine rings is 1. The van der Waals surface area contributed by atoms with Crippen molar-refractivity contribution in [3.63, 3.8) is 0 Å². The van der Waals surface area contributed by atoms with E-state index in [9.17, 15) is 0 Å². The topological polar surface area (TPSA) is 48.0 Å². The molecule has 1 aliphatic rings. The zero-order valence-corrected chi connectivity index (χ0v) is 7.90. The Morgan fingerprint density at radius 2 is 2.15 bits per heavy atom. The molecular weight excluding hydrogens is 166 g/mol. The first-order valence-corrected chi connectivity index (χ1v) is 4.60. The summed E-state index contributed by atoms with van der Waals surface area (Å²) in [6.07, 6.45) is 1.79. The molecule has 5 nitrogen and oxygen atoms in total. The van der Waals surface area contributed by atoms with Gasteiger partial charge in [-0.25, -0.2) is 0 Å². The predicted molar refractivity (Wildman–Crippen MR) is 49.2 cm³/mol. The van der Waals surface area contributed by atoms with Crippen molar-refractivity contribution >= 4 is 0 Å². The van der Waals surface area contributed by atoms with Crippen LogP contribution in [0.15, 0.2) is 6.20 Å². The number of rotatable bonds is 2. The van der Waals surface area contributed by atoms with Crippen LogP contribution < -0.4 is 0 Å². The van der Waals surface area contributed by atoms with Crippen LogP contribution in [0.1, 0.15) is 5.69 Å². The maximum absolute atomic E-state index is 4.04. The average Bonchev–Trinajstić information content (AvgIpc) is 2.62. The van der Waals surface area contributed by atoms with Gasteiger partial charge in [0, 0.05) is 32.7 Å². The van der Waals surface area contributed by atoms with Crippen LogP contribution in [-0.4, -0.2) is 58.4 Å². The summed E-state index contributed by atoms with van der Waals surface area (Å²) in [6, 6.07) is 0. The van der Waals surface area contributed by atoms with Crippen molar-refractivity contribution < 1.29 is 0 Å². The Morgan fingerprint density at radius 1 is 1.38 bits per heavy atom. The van der Waals surface area contributed by atoms with E-state index in [0.29, 0.717) is 0 Å². The summed E-state index contributed by atoms with van der Waals surface area (Å²) in [6.45, 7) is 5.48. The number of aromatic amines is 1. The fraction of sp³-hybridized carbons (Fsp3) is 0.750. The molecule has 1 aromatic heterocycles. The highest BCUT2D eigenvalue weighted by Gasteiger charge is 2.14. The number of hydrogen-bond donors (Lipinski definition) is 1. The second-order valence-corrected chi connectivity index (χ2v) is 3.54. The maximum atomic E-state index is 4.04. The molecular formula is C8H15N5. The van der Waals surface area contributed by atoms with E-state index in [1.54, 1.807) is 6.20 Å². The quantitative estimate of drug-likeness (QED) is 0.671. The number of hydrogen-bond acceptors (Lipinski definition) is 4. The molecule has 0 unspecified atom stereocenters. The largest absolute Gasteiger partial charge is 0.304 e. The van der Waals surface area contributed by atoms with E-state index < -0.39 is 0 Å². The molecule has 0 radical (unpaired) electrons. The van der Waals surface area contributed by atoms with Gasteiger partial charge in [0.2, 0.25) is 0 Å². The van der Waals surface area contributed by atoms with Gasteiger partial charge in [0.05, 0.1) is 11.9 Å². The third-order valence-corrected chi connectivity index (χ3v) is 2.45. The molecule has 1 fully saturated rings. The third kappa shape index (κ3) is 2.26. The molecule has 2 rings (SSSR count). The fourth-order valence-corrected chi connectivity index (χ4v) is 1.54. The van der Waals surface area contributed by atoms with Gasteiger partial charge in [-0.2, -0.15) is 15.4 Å². The van der Waals surface area contributed by atoms with E-state index in [1.807, 2.05) is 0 Å². The number of nitrogens with one attached hydrogen (secondary N) is 1.